The van der Waals surface area contributed by atoms with Gasteiger partial charge in [-0.15, -0.1) is 0 Å². The van der Waals surface area contributed by atoms with Crippen LogP contribution in [0.25, 0.3) is 0 Å². The number of para-hydroxylation sites is 1. The molecule has 56 heavy (non-hydrogen) atoms. The maximum Gasteiger partial charge on any atom is 0.323 e. The van der Waals surface area contributed by atoms with Crippen LogP contribution in [0.1, 0.15) is 113 Å². The molecule has 12 atom stereocenters. The van der Waals surface area contributed by atoms with E-state index in [4.69, 9.17) is 19.9 Å². The van der Waals surface area contributed by atoms with E-state index in [0.717, 1.165) is 25.7 Å². The van der Waals surface area contributed by atoms with E-state index >= 15 is 0 Å². The van der Waals surface area contributed by atoms with E-state index in [1.165, 1.54) is 12.5 Å². The Bertz CT molecular complexity index is 1680. The van der Waals surface area contributed by atoms with Gasteiger partial charge < -0.3 is 35.7 Å². The van der Waals surface area contributed by atoms with Crippen molar-refractivity contribution in [3.05, 3.63) is 42.0 Å². The van der Waals surface area contributed by atoms with Gasteiger partial charge in [0.15, 0.2) is 0 Å². The van der Waals surface area contributed by atoms with Crippen molar-refractivity contribution in [1.82, 2.24) is 5.32 Å². The highest BCUT2D eigenvalue weighted by atomic mass is 16.6. The number of carbonyl (C=O) groups is 4. The molecular weight excluding hydrogens is 711 g/mol. The van der Waals surface area contributed by atoms with Crippen LogP contribution >= 0.6 is 0 Å². The number of amides is 2. The van der Waals surface area contributed by atoms with Gasteiger partial charge in [-0.1, -0.05) is 78.3 Å². The second-order valence-electron chi connectivity index (χ2n) is 19.4. The molecule has 11 heteroatoms. The van der Waals surface area contributed by atoms with Crippen LogP contribution in [0.4, 0.5) is 10.5 Å². The van der Waals surface area contributed by atoms with E-state index in [2.05, 4.69) is 65.2 Å². The number of hydrogen-bond acceptors (Lipinski definition) is 8. The molecule has 1 heterocycles. The summed E-state index contributed by atoms with van der Waals surface area (Å²) >= 11 is 0. The first-order chi connectivity index (χ1) is 26.3. The molecule has 1 aliphatic heterocycles. The molecule has 1 unspecified atom stereocenters. The van der Waals surface area contributed by atoms with Crippen molar-refractivity contribution in [2.24, 2.45) is 62.4 Å². The Morgan fingerprint density at radius 3 is 2.34 bits per heavy atom. The number of hydrogen-bond donors (Lipinski definition) is 4. The Labute approximate surface area is 333 Å². The summed E-state index contributed by atoms with van der Waals surface area (Å²) in [5.41, 5.74) is 6.35. The van der Waals surface area contributed by atoms with Crippen LogP contribution in [0.5, 0.6) is 0 Å². The zero-order valence-electron chi connectivity index (χ0n) is 35.0. The molecule has 0 aromatic heterocycles. The zero-order valence-corrected chi connectivity index (χ0v) is 35.0. The molecule has 1 aromatic rings. The number of nitrogens with one attached hydrogen (secondary N) is 2. The number of allylic oxidation sites excluding steroid dienone is 1. The number of aliphatic carboxylic acids is 1. The Morgan fingerprint density at radius 2 is 1.68 bits per heavy atom. The standard InChI is InChI=1S/C45H67N3O8/c1-27(2)28(3)41(5)21-22-43(7)31-17-18-35-42(6)25-54-26-45(35,32(31)19-20-44(43,8)36(41)38(50)51)24-34(55-29(4)49)37(42)56-39(52)33(46)16-12-13-23-47-40(53)48-30-14-10-9-11-15-30/h9-11,14-15,19,27-28,31,33-37H,12-13,16-18,20-26,46H2,1-8H3,(H,50,51)(H2,47,48,53)/t28-,31+,33?,34-,35+,36-,37+,41-,42+,43-,44+,45-/m1/s1. The molecule has 11 nitrogen and oxygen atoms in total. The Morgan fingerprint density at radius 1 is 0.964 bits per heavy atom. The van der Waals surface area contributed by atoms with Gasteiger partial charge in [-0.2, -0.15) is 0 Å². The molecular formula is C45H67N3O8. The van der Waals surface area contributed by atoms with Crippen LogP contribution in [0, 0.1) is 56.7 Å². The van der Waals surface area contributed by atoms with Crippen molar-refractivity contribution >= 4 is 29.6 Å². The Hall–Kier alpha value is -3.44. The topological polar surface area (TPSA) is 166 Å². The molecule has 2 bridgehead atoms. The monoisotopic (exact) mass is 777 g/mol. The van der Waals surface area contributed by atoms with Crippen LogP contribution in [0.3, 0.4) is 0 Å². The predicted octanol–water partition coefficient (Wildman–Crippen LogP) is 7.74. The second-order valence-corrected chi connectivity index (χ2v) is 19.4. The van der Waals surface area contributed by atoms with Crippen LogP contribution in [-0.2, 0) is 28.6 Å². The summed E-state index contributed by atoms with van der Waals surface area (Å²) in [7, 11) is 0. The van der Waals surface area contributed by atoms with Crippen LogP contribution < -0.4 is 16.4 Å². The molecule has 4 aliphatic carbocycles. The Kier molecular flexibility index (Phi) is 11.8. The van der Waals surface area contributed by atoms with E-state index in [9.17, 15) is 24.3 Å². The van der Waals surface area contributed by atoms with Crippen LogP contribution in [-0.4, -0.2) is 67.1 Å². The van der Waals surface area contributed by atoms with Crippen molar-refractivity contribution in [2.45, 2.75) is 131 Å². The summed E-state index contributed by atoms with van der Waals surface area (Å²) in [5, 5.41) is 16.6. The summed E-state index contributed by atoms with van der Waals surface area (Å²) in [5.74, 6) is -1.25. The van der Waals surface area contributed by atoms with Crippen molar-refractivity contribution in [2.75, 3.05) is 25.1 Å². The molecule has 310 valence electrons. The predicted molar refractivity (Wildman–Crippen MR) is 214 cm³/mol. The van der Waals surface area contributed by atoms with E-state index in [1.807, 2.05) is 30.3 Å². The SMILES string of the molecule is CC(=O)O[C@@H]1C[C@]23COC[C@@](C)([C@@H]2CC[C@H]2C3=CC[C@@]3(C)[C@H](C(=O)O)[C@@](C)([C@H](C)C(C)C)CC[C@]23C)[C@H]1OC(=O)C(N)CCCCNC(=O)Nc1ccccc1. The molecule has 0 radical (unpaired) electrons. The van der Waals surface area contributed by atoms with Gasteiger partial charge in [-0.25, -0.2) is 4.79 Å². The van der Waals surface area contributed by atoms with Crippen LogP contribution in [0.2, 0.25) is 0 Å². The van der Waals surface area contributed by atoms with Crippen molar-refractivity contribution in [3.8, 4) is 0 Å². The highest BCUT2D eigenvalue weighted by molar-refractivity contribution is 5.89. The number of esters is 2. The lowest BCUT2D eigenvalue weighted by atomic mass is 9.34. The number of rotatable bonds is 12. The van der Waals surface area contributed by atoms with Gasteiger partial charge in [-0.05, 0) is 110 Å². The number of urea groups is 1. The number of nitrogens with two attached hydrogens (primary N) is 1. The van der Waals surface area contributed by atoms with E-state index in [-0.39, 0.29) is 34.6 Å². The minimum Gasteiger partial charge on any atom is -0.481 e. The lowest BCUT2D eigenvalue weighted by Gasteiger charge is -2.71. The number of ether oxygens (including phenoxy) is 3. The van der Waals surface area contributed by atoms with Crippen molar-refractivity contribution in [1.29, 1.82) is 0 Å². The maximum absolute atomic E-state index is 13.7. The van der Waals surface area contributed by atoms with Gasteiger partial charge in [0.05, 0.1) is 19.1 Å². The molecule has 5 aliphatic rings. The first-order valence-electron chi connectivity index (χ1n) is 21.1. The third-order valence-corrected chi connectivity index (χ3v) is 16.2. The first kappa shape index (κ1) is 42.2. The molecule has 4 fully saturated rings. The molecule has 2 amide bonds. The number of benzene rings is 1. The summed E-state index contributed by atoms with van der Waals surface area (Å²) < 4.78 is 19.0. The normalized spacial score (nSPS) is 38.4. The minimum atomic E-state index is -0.877. The molecule has 6 rings (SSSR count). The second kappa shape index (κ2) is 15.7. The molecule has 1 aromatic carbocycles. The summed E-state index contributed by atoms with van der Waals surface area (Å²) in [6, 6.07) is 8.03. The molecule has 0 spiro atoms. The Balaban J connectivity index is 1.19. The minimum absolute atomic E-state index is 0.109. The number of carboxylic acids is 1. The molecule has 1 saturated heterocycles. The fourth-order valence-corrected chi connectivity index (χ4v) is 12.8. The van der Waals surface area contributed by atoms with Crippen LogP contribution in [0.15, 0.2) is 42.0 Å². The van der Waals surface area contributed by atoms with Gasteiger partial charge >= 0.3 is 23.9 Å². The average molecular weight is 778 g/mol. The van der Waals surface area contributed by atoms with Gasteiger partial charge in [-0.3, -0.25) is 14.4 Å². The maximum atomic E-state index is 13.7. The number of unbranched alkanes of at least 4 members (excludes halogenated alkanes) is 1. The largest absolute Gasteiger partial charge is 0.481 e. The highest BCUT2D eigenvalue weighted by Crippen LogP contribution is 2.75. The summed E-state index contributed by atoms with van der Waals surface area (Å²) in [6.45, 7) is 18.3. The van der Waals surface area contributed by atoms with Crippen molar-refractivity contribution in [3.63, 3.8) is 0 Å². The fraction of sp³-hybridized carbons (Fsp3) is 0.733. The van der Waals surface area contributed by atoms with E-state index in [0.29, 0.717) is 63.5 Å². The summed E-state index contributed by atoms with van der Waals surface area (Å²) in [4.78, 5) is 52.1. The third-order valence-electron chi connectivity index (χ3n) is 16.2. The number of carbonyl (C=O) groups excluding carboxylic acids is 3. The van der Waals surface area contributed by atoms with Gasteiger partial charge in [0.2, 0.25) is 0 Å². The fourth-order valence-electron chi connectivity index (χ4n) is 12.8. The molecule has 3 saturated carbocycles. The van der Waals surface area contributed by atoms with Crippen molar-refractivity contribution < 1.29 is 38.5 Å². The van der Waals surface area contributed by atoms with Gasteiger partial charge in [0.25, 0.3) is 0 Å². The number of anilines is 1. The third kappa shape index (κ3) is 7.07. The lowest BCUT2D eigenvalue weighted by Crippen LogP contribution is -2.70. The van der Waals surface area contributed by atoms with E-state index < -0.39 is 58.3 Å². The highest BCUT2D eigenvalue weighted by Gasteiger charge is 2.72. The number of carboxylic acid groups (broad SMARTS) is 1. The van der Waals surface area contributed by atoms with E-state index in [1.54, 1.807) is 0 Å². The quantitative estimate of drug-likeness (QED) is 0.0944. The molecule has 5 N–H and O–H groups in total. The lowest BCUT2D eigenvalue weighted by molar-refractivity contribution is -0.263. The first-order valence-corrected chi connectivity index (χ1v) is 21.1. The average Bonchev–Trinajstić information content (AvgIpc) is 3.13. The number of fused-ring (bicyclic) bond motifs is 3. The zero-order chi connectivity index (χ0) is 40.8. The summed E-state index contributed by atoms with van der Waals surface area (Å²) in [6.07, 6.45) is 7.30. The van der Waals surface area contributed by atoms with Gasteiger partial charge in [0.1, 0.15) is 18.2 Å². The smallest absolute Gasteiger partial charge is 0.323 e. The van der Waals surface area contributed by atoms with Gasteiger partial charge in [0, 0.05) is 30.0 Å².